The summed E-state index contributed by atoms with van der Waals surface area (Å²) in [6.07, 6.45) is 0. The van der Waals surface area contributed by atoms with Crippen LogP contribution in [0.25, 0.3) is 0 Å². The van der Waals surface area contributed by atoms with Gasteiger partial charge in [0.05, 0.1) is 0 Å². The Hall–Kier alpha value is -0.760. The van der Waals surface area contributed by atoms with Crippen molar-refractivity contribution in [1.29, 1.82) is 0 Å². The molecule has 0 spiro atoms. The highest BCUT2D eigenvalue weighted by molar-refractivity contribution is 4.97. The zero-order chi connectivity index (χ0) is 11.0. The molecule has 0 aromatic rings. The van der Waals surface area contributed by atoms with E-state index < -0.39 is 16.2 Å². The molecular formula is C7H13N2O5-. The van der Waals surface area contributed by atoms with Gasteiger partial charge < -0.3 is 14.8 Å². The number of nitro groups is 1. The Bertz CT molecular complexity index is 248. The van der Waals surface area contributed by atoms with Crippen LogP contribution in [0.4, 0.5) is 0 Å². The molecule has 0 bridgehead atoms. The van der Waals surface area contributed by atoms with Crippen molar-refractivity contribution in [2.75, 3.05) is 13.2 Å². The van der Waals surface area contributed by atoms with Crippen LogP contribution in [-0.4, -0.2) is 34.6 Å². The van der Waals surface area contributed by atoms with Gasteiger partial charge in [-0.15, -0.1) is 0 Å². The fraction of sp³-hybridized carbons (Fsp3) is 1.00. The summed E-state index contributed by atoms with van der Waals surface area (Å²) in [5.41, 5.74) is -3.10. The molecule has 1 aliphatic heterocycles. The highest BCUT2D eigenvalue weighted by atomic mass is 16.9. The summed E-state index contributed by atoms with van der Waals surface area (Å²) in [5.74, 6) is 0. The van der Waals surface area contributed by atoms with Crippen molar-refractivity contribution < 1.29 is 14.5 Å². The Morgan fingerprint density at radius 2 is 2.21 bits per heavy atom. The van der Waals surface area contributed by atoms with E-state index in [2.05, 4.69) is 4.84 Å². The number of hydroxylamine groups is 2. The van der Waals surface area contributed by atoms with E-state index in [1.165, 1.54) is 13.8 Å². The monoisotopic (exact) mass is 205 g/mol. The van der Waals surface area contributed by atoms with E-state index in [-0.39, 0.29) is 18.4 Å². The minimum Gasteiger partial charge on any atom is -0.760 e. The molecule has 0 radical (unpaired) electrons. The highest BCUT2D eigenvalue weighted by Gasteiger charge is 2.62. The Morgan fingerprint density at radius 1 is 1.64 bits per heavy atom. The molecule has 2 atom stereocenters. The largest absolute Gasteiger partial charge is 0.760 e. The van der Waals surface area contributed by atoms with Gasteiger partial charge in [0, 0.05) is 18.5 Å². The van der Waals surface area contributed by atoms with E-state index in [0.29, 0.717) is 0 Å². The van der Waals surface area contributed by atoms with Crippen molar-refractivity contribution in [3.8, 4) is 0 Å². The van der Waals surface area contributed by atoms with Crippen LogP contribution < -0.4 is 0 Å². The summed E-state index contributed by atoms with van der Waals surface area (Å²) in [6, 6.07) is 0. The van der Waals surface area contributed by atoms with Gasteiger partial charge in [0.2, 0.25) is 5.72 Å². The molecule has 82 valence electrons. The molecule has 0 aliphatic carbocycles. The van der Waals surface area contributed by atoms with Gasteiger partial charge in [-0.25, -0.2) is 5.23 Å². The normalized spacial score (nSPS) is 38.9. The molecule has 1 heterocycles. The van der Waals surface area contributed by atoms with Crippen molar-refractivity contribution in [2.45, 2.75) is 32.0 Å². The molecule has 2 unspecified atom stereocenters. The third-order valence-electron chi connectivity index (χ3n) is 2.64. The molecule has 0 amide bonds. The van der Waals surface area contributed by atoms with Gasteiger partial charge in [0.15, 0.2) is 0 Å². The Balaban J connectivity index is 3.02. The van der Waals surface area contributed by atoms with Crippen LogP contribution in [0, 0.1) is 15.3 Å². The lowest BCUT2D eigenvalue weighted by Gasteiger charge is -2.40. The standard InChI is InChI=1S/C7H13N2O5/c1-4-13-7(3)6(2,8(10)11)5-14-9(7)12/h4-5H2,1-3H3/q-1. The van der Waals surface area contributed by atoms with Crippen LogP contribution in [0.2, 0.25) is 0 Å². The van der Waals surface area contributed by atoms with E-state index in [1.54, 1.807) is 6.92 Å². The van der Waals surface area contributed by atoms with Crippen molar-refractivity contribution in [3.05, 3.63) is 15.3 Å². The molecule has 0 aromatic heterocycles. The first kappa shape index (κ1) is 11.3. The van der Waals surface area contributed by atoms with Crippen LogP contribution in [-0.2, 0) is 9.57 Å². The molecule has 0 saturated carbocycles. The Morgan fingerprint density at radius 3 is 2.64 bits per heavy atom. The lowest BCUT2D eigenvalue weighted by molar-refractivity contribution is -0.587. The highest BCUT2D eigenvalue weighted by Crippen LogP contribution is 2.38. The second-order valence-corrected chi connectivity index (χ2v) is 3.48. The van der Waals surface area contributed by atoms with Crippen LogP contribution in [0.3, 0.4) is 0 Å². The third-order valence-corrected chi connectivity index (χ3v) is 2.64. The number of nitrogens with zero attached hydrogens (tertiary/aromatic N) is 2. The predicted octanol–water partition coefficient (Wildman–Crippen LogP) is 0.520. The minimum absolute atomic E-state index is 0.166. The Labute approximate surface area is 81.3 Å². The zero-order valence-electron chi connectivity index (χ0n) is 8.35. The Kier molecular flexibility index (Phi) is 2.77. The molecule has 7 heteroatoms. The average molecular weight is 205 g/mol. The van der Waals surface area contributed by atoms with Gasteiger partial charge >= 0.3 is 0 Å². The van der Waals surface area contributed by atoms with Crippen LogP contribution in [0.5, 0.6) is 0 Å². The van der Waals surface area contributed by atoms with E-state index in [9.17, 15) is 15.3 Å². The number of rotatable bonds is 3. The SMILES string of the molecule is CCOC1(C)N([O-])OCC1(C)[N+](=O)[O-]. The first-order valence-corrected chi connectivity index (χ1v) is 4.27. The number of hydrogen-bond acceptors (Lipinski definition) is 6. The van der Waals surface area contributed by atoms with Gasteiger partial charge in [-0.3, -0.25) is 10.1 Å². The molecular weight excluding hydrogens is 192 g/mol. The maximum Gasteiger partial charge on any atom is 0.286 e. The molecule has 1 rings (SSSR count). The van der Waals surface area contributed by atoms with Gasteiger partial charge in [0.25, 0.3) is 5.54 Å². The van der Waals surface area contributed by atoms with E-state index in [4.69, 9.17) is 4.74 Å². The molecule has 14 heavy (non-hydrogen) atoms. The smallest absolute Gasteiger partial charge is 0.286 e. The van der Waals surface area contributed by atoms with Crippen molar-refractivity contribution in [1.82, 2.24) is 5.23 Å². The summed E-state index contributed by atoms with van der Waals surface area (Å²) < 4.78 is 5.13. The summed E-state index contributed by atoms with van der Waals surface area (Å²) in [4.78, 5) is 14.9. The molecule has 1 aliphatic rings. The molecule has 0 aromatic carbocycles. The summed E-state index contributed by atoms with van der Waals surface area (Å²) in [7, 11) is 0. The van der Waals surface area contributed by atoms with Gasteiger partial charge in [0.1, 0.15) is 6.61 Å². The van der Waals surface area contributed by atoms with Crippen LogP contribution in [0.1, 0.15) is 20.8 Å². The van der Waals surface area contributed by atoms with Crippen molar-refractivity contribution >= 4 is 0 Å². The van der Waals surface area contributed by atoms with E-state index in [1.807, 2.05) is 0 Å². The maximum atomic E-state index is 11.3. The molecule has 7 nitrogen and oxygen atoms in total. The molecule has 1 saturated heterocycles. The fourth-order valence-electron chi connectivity index (χ4n) is 1.35. The molecule has 0 N–H and O–H groups in total. The lowest BCUT2D eigenvalue weighted by atomic mass is 9.93. The number of hydrogen-bond donors (Lipinski definition) is 0. The van der Waals surface area contributed by atoms with Crippen molar-refractivity contribution in [3.63, 3.8) is 0 Å². The first-order valence-electron chi connectivity index (χ1n) is 4.27. The summed E-state index contributed by atoms with van der Waals surface area (Å²) in [5, 5.41) is 22.3. The van der Waals surface area contributed by atoms with Gasteiger partial charge in [-0.05, 0) is 13.8 Å². The van der Waals surface area contributed by atoms with Crippen molar-refractivity contribution in [2.24, 2.45) is 0 Å². The second kappa shape index (κ2) is 3.43. The van der Waals surface area contributed by atoms with Crippen LogP contribution >= 0.6 is 0 Å². The predicted molar refractivity (Wildman–Crippen MR) is 46.6 cm³/mol. The quantitative estimate of drug-likeness (QED) is 0.493. The first-order chi connectivity index (χ1) is 6.38. The average Bonchev–Trinajstić information content (AvgIpc) is 2.32. The summed E-state index contributed by atoms with van der Waals surface area (Å²) in [6.45, 7) is 4.29. The molecule has 1 fully saturated rings. The fourth-order valence-corrected chi connectivity index (χ4v) is 1.35. The lowest BCUT2D eigenvalue weighted by Crippen LogP contribution is -2.59. The van der Waals surface area contributed by atoms with Gasteiger partial charge in [-0.2, -0.15) is 0 Å². The number of ether oxygens (including phenoxy) is 1. The zero-order valence-corrected chi connectivity index (χ0v) is 8.35. The van der Waals surface area contributed by atoms with E-state index >= 15 is 0 Å². The topological polar surface area (TPSA) is 87.9 Å². The van der Waals surface area contributed by atoms with Gasteiger partial charge in [-0.1, -0.05) is 0 Å². The summed E-state index contributed by atoms with van der Waals surface area (Å²) >= 11 is 0. The van der Waals surface area contributed by atoms with E-state index in [0.717, 1.165) is 0 Å². The maximum absolute atomic E-state index is 11.3. The van der Waals surface area contributed by atoms with Crippen LogP contribution in [0.15, 0.2) is 0 Å². The third kappa shape index (κ3) is 1.29. The second-order valence-electron chi connectivity index (χ2n) is 3.48. The minimum atomic E-state index is -1.56.